The van der Waals surface area contributed by atoms with Gasteiger partial charge in [0.1, 0.15) is 5.75 Å². The molecule has 0 fully saturated rings. The summed E-state index contributed by atoms with van der Waals surface area (Å²) in [4.78, 5) is 14.5. The molecule has 2 amide bonds. The predicted octanol–water partition coefficient (Wildman–Crippen LogP) is 2.40. The lowest BCUT2D eigenvalue weighted by atomic mass is 10.1. The van der Waals surface area contributed by atoms with E-state index in [-0.39, 0.29) is 12.1 Å². The van der Waals surface area contributed by atoms with Crippen molar-refractivity contribution in [3.63, 3.8) is 0 Å². The highest BCUT2D eigenvalue weighted by Crippen LogP contribution is 2.21. The van der Waals surface area contributed by atoms with Crippen LogP contribution in [0.15, 0.2) is 48.5 Å². The van der Waals surface area contributed by atoms with Crippen molar-refractivity contribution in [3.05, 3.63) is 59.9 Å². The van der Waals surface area contributed by atoms with Crippen LogP contribution in [0.4, 0.5) is 10.5 Å². The Morgan fingerprint density at radius 2 is 1.97 bits per heavy atom. The second kappa shape index (κ2) is 9.16. The Bertz CT molecular complexity index is 953. The highest BCUT2D eigenvalue weighted by Gasteiger charge is 2.15. The van der Waals surface area contributed by atoms with E-state index in [0.717, 1.165) is 17.0 Å². The third-order valence-corrected chi connectivity index (χ3v) is 4.55. The van der Waals surface area contributed by atoms with Gasteiger partial charge in [0, 0.05) is 12.2 Å². The lowest BCUT2D eigenvalue weighted by molar-refractivity contribution is 0.243. The van der Waals surface area contributed by atoms with Gasteiger partial charge in [-0.05, 0) is 67.3 Å². The topological polar surface area (TPSA) is 97.2 Å². The molecule has 29 heavy (non-hydrogen) atoms. The molecule has 1 atom stereocenters. The summed E-state index contributed by atoms with van der Waals surface area (Å²) < 4.78 is 6.82. The summed E-state index contributed by atoms with van der Waals surface area (Å²) in [6, 6.07) is 14.9. The molecule has 0 aliphatic carbocycles. The fraction of sp³-hybridized carbons (Fsp3) is 0.300. The molecule has 3 aromatic rings. The number of benzene rings is 2. The average Bonchev–Trinajstić information content (AvgIpc) is 3.14. The molecule has 0 saturated heterocycles. The van der Waals surface area contributed by atoms with Crippen molar-refractivity contribution in [1.29, 1.82) is 0 Å². The molecule has 1 aromatic heterocycles. The Labute approximate surface area is 169 Å². The number of aromatic nitrogens is 4. The Balaban J connectivity index is 1.63. The number of amides is 2. The molecule has 2 N–H and O–H groups in total. The number of aryl methyl sites for hydroxylation is 1. The molecular weight excluding hydrogens is 370 g/mol. The zero-order valence-electron chi connectivity index (χ0n) is 17.0. The quantitative estimate of drug-likeness (QED) is 0.638. The average molecular weight is 395 g/mol. The summed E-state index contributed by atoms with van der Waals surface area (Å²) in [5.41, 5.74) is 2.52. The van der Waals surface area contributed by atoms with E-state index in [1.165, 1.54) is 0 Å². The maximum atomic E-state index is 12.4. The SMILES string of the molecule is COc1ccc([C@H](CNC(=O)Nc2cccc(-n3nnnc3C)c2)N(C)C)cc1. The van der Waals surface area contributed by atoms with E-state index in [4.69, 9.17) is 4.74 Å². The van der Waals surface area contributed by atoms with E-state index in [1.807, 2.05) is 69.6 Å². The number of anilines is 1. The van der Waals surface area contributed by atoms with Gasteiger partial charge in [0.2, 0.25) is 0 Å². The summed E-state index contributed by atoms with van der Waals surface area (Å²) in [5.74, 6) is 1.47. The Hall–Kier alpha value is -3.46. The molecule has 0 aliphatic heterocycles. The molecular formula is C20H25N7O2. The van der Waals surface area contributed by atoms with Gasteiger partial charge >= 0.3 is 6.03 Å². The third kappa shape index (κ3) is 5.08. The molecule has 0 bridgehead atoms. The number of carbonyl (C=O) groups excluding carboxylic acids is 1. The minimum atomic E-state index is -0.282. The Morgan fingerprint density at radius 3 is 2.59 bits per heavy atom. The van der Waals surface area contributed by atoms with E-state index in [2.05, 4.69) is 31.1 Å². The molecule has 1 heterocycles. The molecule has 0 aliphatic rings. The molecule has 0 saturated carbocycles. The zero-order chi connectivity index (χ0) is 20.8. The highest BCUT2D eigenvalue weighted by atomic mass is 16.5. The largest absolute Gasteiger partial charge is 0.497 e. The van der Waals surface area contributed by atoms with Crippen LogP contribution in [-0.2, 0) is 0 Å². The monoisotopic (exact) mass is 395 g/mol. The smallest absolute Gasteiger partial charge is 0.319 e. The van der Waals surface area contributed by atoms with E-state index < -0.39 is 0 Å². The number of tetrazole rings is 1. The predicted molar refractivity (Wildman–Crippen MR) is 110 cm³/mol. The molecule has 152 valence electrons. The van der Waals surface area contributed by atoms with Gasteiger partial charge in [0.25, 0.3) is 0 Å². The Morgan fingerprint density at radius 1 is 1.21 bits per heavy atom. The first-order valence-electron chi connectivity index (χ1n) is 9.18. The lowest BCUT2D eigenvalue weighted by Gasteiger charge is -2.25. The fourth-order valence-corrected chi connectivity index (χ4v) is 2.97. The van der Waals surface area contributed by atoms with Crippen LogP contribution < -0.4 is 15.4 Å². The van der Waals surface area contributed by atoms with Crippen molar-refractivity contribution >= 4 is 11.7 Å². The maximum absolute atomic E-state index is 12.4. The van der Waals surface area contributed by atoms with Crippen LogP contribution in [-0.4, -0.2) is 58.9 Å². The minimum absolute atomic E-state index is 0.0295. The summed E-state index contributed by atoms with van der Waals surface area (Å²) in [7, 11) is 5.60. The second-order valence-electron chi connectivity index (χ2n) is 6.78. The van der Waals surface area contributed by atoms with Gasteiger partial charge in [-0.2, -0.15) is 4.68 Å². The van der Waals surface area contributed by atoms with Gasteiger partial charge in [-0.3, -0.25) is 0 Å². The summed E-state index contributed by atoms with van der Waals surface area (Å²) in [6.07, 6.45) is 0. The zero-order valence-corrected chi connectivity index (χ0v) is 17.0. The second-order valence-corrected chi connectivity index (χ2v) is 6.78. The van der Waals surface area contributed by atoms with Crippen LogP contribution in [0.5, 0.6) is 5.75 Å². The van der Waals surface area contributed by atoms with E-state index in [9.17, 15) is 4.79 Å². The number of rotatable bonds is 7. The number of carbonyl (C=O) groups is 1. The first-order chi connectivity index (χ1) is 14.0. The van der Waals surface area contributed by atoms with E-state index >= 15 is 0 Å². The van der Waals surface area contributed by atoms with Crippen LogP contribution in [0, 0.1) is 6.92 Å². The number of methoxy groups -OCH3 is 1. The summed E-state index contributed by atoms with van der Waals surface area (Å²) in [6.45, 7) is 2.27. The van der Waals surface area contributed by atoms with Crippen molar-refractivity contribution in [2.75, 3.05) is 33.1 Å². The standard InChI is InChI=1S/C20H25N7O2/c1-14-23-24-25-27(14)17-7-5-6-16(12-17)22-20(28)21-13-19(26(2)3)15-8-10-18(29-4)11-9-15/h5-12,19H,13H2,1-4H3,(H2,21,22,28)/t19-/m0/s1. The minimum Gasteiger partial charge on any atom is -0.497 e. The van der Waals surface area contributed by atoms with Crippen LogP contribution in [0.25, 0.3) is 5.69 Å². The van der Waals surface area contributed by atoms with E-state index in [0.29, 0.717) is 18.1 Å². The maximum Gasteiger partial charge on any atom is 0.319 e. The number of ether oxygens (including phenoxy) is 1. The number of urea groups is 1. The van der Waals surface area contributed by atoms with Crippen molar-refractivity contribution < 1.29 is 9.53 Å². The van der Waals surface area contributed by atoms with Crippen LogP contribution in [0.2, 0.25) is 0 Å². The van der Waals surface area contributed by atoms with Gasteiger partial charge in [0.15, 0.2) is 5.82 Å². The first-order valence-corrected chi connectivity index (χ1v) is 9.18. The molecule has 9 nitrogen and oxygen atoms in total. The van der Waals surface area contributed by atoms with Gasteiger partial charge in [-0.25, -0.2) is 4.79 Å². The molecule has 3 rings (SSSR count). The lowest BCUT2D eigenvalue weighted by Crippen LogP contribution is -2.36. The van der Waals surface area contributed by atoms with Crippen LogP contribution in [0.1, 0.15) is 17.4 Å². The first kappa shape index (κ1) is 20.3. The third-order valence-electron chi connectivity index (χ3n) is 4.55. The number of nitrogens with zero attached hydrogens (tertiary/aromatic N) is 5. The summed E-state index contributed by atoms with van der Waals surface area (Å²) in [5, 5.41) is 17.3. The molecule has 9 heteroatoms. The summed E-state index contributed by atoms with van der Waals surface area (Å²) >= 11 is 0. The van der Waals surface area contributed by atoms with Gasteiger partial charge in [0.05, 0.1) is 18.8 Å². The van der Waals surface area contributed by atoms with Gasteiger partial charge < -0.3 is 20.3 Å². The highest BCUT2D eigenvalue weighted by molar-refractivity contribution is 5.89. The molecule has 0 unspecified atom stereocenters. The Kier molecular flexibility index (Phi) is 6.40. The molecule has 2 aromatic carbocycles. The van der Waals surface area contributed by atoms with E-state index in [1.54, 1.807) is 11.8 Å². The molecule has 0 spiro atoms. The van der Waals surface area contributed by atoms with Crippen molar-refractivity contribution in [1.82, 2.24) is 30.4 Å². The van der Waals surface area contributed by atoms with Crippen LogP contribution >= 0.6 is 0 Å². The normalized spacial score (nSPS) is 11.9. The van der Waals surface area contributed by atoms with Crippen LogP contribution in [0.3, 0.4) is 0 Å². The number of hydrogen-bond acceptors (Lipinski definition) is 6. The van der Waals surface area contributed by atoms with Crippen molar-refractivity contribution in [2.24, 2.45) is 0 Å². The molecule has 0 radical (unpaired) electrons. The van der Waals surface area contributed by atoms with Gasteiger partial charge in [-0.15, -0.1) is 5.10 Å². The number of likely N-dealkylation sites (N-methyl/N-ethyl adjacent to an activating group) is 1. The number of nitrogens with one attached hydrogen (secondary N) is 2. The fourth-order valence-electron chi connectivity index (χ4n) is 2.97. The van der Waals surface area contributed by atoms with Crippen molar-refractivity contribution in [2.45, 2.75) is 13.0 Å². The van der Waals surface area contributed by atoms with Gasteiger partial charge in [-0.1, -0.05) is 18.2 Å². The number of hydrogen-bond donors (Lipinski definition) is 2. The van der Waals surface area contributed by atoms with Crippen molar-refractivity contribution in [3.8, 4) is 11.4 Å².